The molecule has 0 spiro atoms. The first kappa shape index (κ1) is 24.7. The van der Waals surface area contributed by atoms with Crippen LogP contribution in [0.2, 0.25) is 0 Å². The second kappa shape index (κ2) is 9.33. The standard InChI is InChI=1S/C32H34P.ClH/c1-31(2)24-32(3,4)30-22-25(20-21-29(30)31)23-33(26-14-8-5-9-15-26,27-16-10-6-11-17-27)28-18-12-7-13-19-28;/h5-22H,23-24H2,1-4H3;1H/q+1;/p-1. The fraction of sp³-hybridized carbons (Fsp3) is 0.250. The van der Waals surface area contributed by atoms with Crippen molar-refractivity contribution in [3.63, 3.8) is 0 Å². The molecule has 0 nitrogen and oxygen atoms in total. The van der Waals surface area contributed by atoms with Crippen LogP contribution < -0.4 is 28.3 Å². The van der Waals surface area contributed by atoms with Crippen LogP contribution in [0.3, 0.4) is 0 Å². The Morgan fingerprint density at radius 1 is 0.559 bits per heavy atom. The molecule has 1 aliphatic carbocycles. The van der Waals surface area contributed by atoms with E-state index in [0.717, 1.165) is 6.16 Å². The molecule has 0 fully saturated rings. The van der Waals surface area contributed by atoms with E-state index < -0.39 is 7.26 Å². The molecule has 0 radical (unpaired) electrons. The molecule has 2 heteroatoms. The fourth-order valence-electron chi connectivity index (χ4n) is 6.18. The SMILES string of the molecule is CC1(C)CC(C)(C)c2cc(C[P+](c3ccccc3)(c3ccccc3)c3ccccc3)ccc21.[Cl-]. The molecule has 174 valence electrons. The summed E-state index contributed by atoms with van der Waals surface area (Å²) in [7, 11) is -1.87. The highest BCUT2D eigenvalue weighted by Gasteiger charge is 2.46. The summed E-state index contributed by atoms with van der Waals surface area (Å²) in [5.41, 5.74) is 4.96. The van der Waals surface area contributed by atoms with Gasteiger partial charge in [0, 0.05) is 0 Å². The van der Waals surface area contributed by atoms with E-state index in [2.05, 4.69) is 137 Å². The van der Waals surface area contributed by atoms with Gasteiger partial charge in [-0.2, -0.15) is 0 Å². The molecule has 0 N–H and O–H groups in total. The average molecular weight is 485 g/mol. The molecule has 0 saturated heterocycles. The van der Waals surface area contributed by atoms with Gasteiger partial charge in [0.15, 0.2) is 0 Å². The third kappa shape index (κ3) is 4.24. The van der Waals surface area contributed by atoms with E-state index in [9.17, 15) is 0 Å². The lowest BCUT2D eigenvalue weighted by atomic mass is 9.82. The van der Waals surface area contributed by atoms with Crippen molar-refractivity contribution in [2.24, 2.45) is 0 Å². The molecule has 0 saturated carbocycles. The molecule has 0 aromatic heterocycles. The Morgan fingerprint density at radius 3 is 1.41 bits per heavy atom. The van der Waals surface area contributed by atoms with Crippen LogP contribution in [-0.4, -0.2) is 0 Å². The molecule has 34 heavy (non-hydrogen) atoms. The van der Waals surface area contributed by atoms with Gasteiger partial charge >= 0.3 is 0 Å². The Bertz CT molecular complexity index is 1150. The third-order valence-electron chi connectivity index (χ3n) is 7.44. The summed E-state index contributed by atoms with van der Waals surface area (Å²) in [5, 5.41) is 4.34. The molecule has 0 unspecified atom stereocenters. The number of fused-ring (bicyclic) bond motifs is 1. The zero-order chi connectivity index (χ0) is 23.1. The van der Waals surface area contributed by atoms with E-state index in [1.165, 1.54) is 39.0 Å². The van der Waals surface area contributed by atoms with E-state index in [4.69, 9.17) is 0 Å². The summed E-state index contributed by atoms with van der Waals surface area (Å²) >= 11 is 0. The molecule has 5 rings (SSSR count). The third-order valence-corrected chi connectivity index (χ3v) is 11.8. The van der Waals surface area contributed by atoms with Crippen molar-refractivity contribution in [2.75, 3.05) is 0 Å². The van der Waals surface area contributed by atoms with Crippen molar-refractivity contribution in [2.45, 2.75) is 51.1 Å². The van der Waals surface area contributed by atoms with Crippen LogP contribution in [0.5, 0.6) is 0 Å². The Hall–Kier alpha value is -2.40. The Morgan fingerprint density at radius 2 is 0.971 bits per heavy atom. The van der Waals surface area contributed by atoms with Gasteiger partial charge in [-0.1, -0.05) is 100 Å². The van der Waals surface area contributed by atoms with Gasteiger partial charge in [-0.15, -0.1) is 0 Å². The molecule has 0 aliphatic heterocycles. The van der Waals surface area contributed by atoms with Crippen molar-refractivity contribution >= 4 is 23.2 Å². The predicted molar refractivity (Wildman–Crippen MR) is 146 cm³/mol. The Balaban J connectivity index is 0.00000274. The topological polar surface area (TPSA) is 0 Å². The van der Waals surface area contributed by atoms with Crippen LogP contribution in [0.4, 0.5) is 0 Å². The maximum absolute atomic E-state index is 2.54. The summed E-state index contributed by atoms with van der Waals surface area (Å²) in [6.45, 7) is 9.63. The molecular formula is C32H34ClP. The van der Waals surface area contributed by atoms with Crippen LogP contribution in [-0.2, 0) is 17.0 Å². The van der Waals surface area contributed by atoms with Gasteiger partial charge in [-0.3, -0.25) is 0 Å². The summed E-state index contributed by atoms with van der Waals surface area (Å²) in [6.07, 6.45) is 2.24. The first-order valence-corrected chi connectivity index (χ1v) is 14.0. The maximum Gasteiger partial charge on any atom is 0.116 e. The number of rotatable bonds is 5. The Labute approximate surface area is 212 Å². The molecule has 0 bridgehead atoms. The largest absolute Gasteiger partial charge is 1.00 e. The zero-order valence-electron chi connectivity index (χ0n) is 20.6. The lowest BCUT2D eigenvalue weighted by molar-refractivity contribution is -0.00000739. The average Bonchev–Trinajstić information content (AvgIpc) is 3.02. The lowest BCUT2D eigenvalue weighted by Gasteiger charge is -2.28. The zero-order valence-corrected chi connectivity index (χ0v) is 22.3. The smallest absolute Gasteiger partial charge is 0.116 e. The van der Waals surface area contributed by atoms with E-state index in [0.29, 0.717) is 0 Å². The van der Waals surface area contributed by atoms with Crippen LogP contribution in [0, 0.1) is 0 Å². The van der Waals surface area contributed by atoms with Gasteiger partial charge in [0.1, 0.15) is 23.2 Å². The molecule has 0 heterocycles. The molecule has 0 amide bonds. The molecular weight excluding hydrogens is 451 g/mol. The van der Waals surface area contributed by atoms with Crippen LogP contribution in [0.25, 0.3) is 0 Å². The van der Waals surface area contributed by atoms with Crippen LogP contribution in [0.15, 0.2) is 109 Å². The fourth-order valence-corrected chi connectivity index (χ4v) is 10.4. The minimum absolute atomic E-state index is 0. The van der Waals surface area contributed by atoms with Crippen molar-refractivity contribution in [3.8, 4) is 0 Å². The predicted octanol–water partition coefficient (Wildman–Crippen LogP) is 4.14. The first-order chi connectivity index (χ1) is 15.8. The van der Waals surface area contributed by atoms with E-state index >= 15 is 0 Å². The summed E-state index contributed by atoms with van der Waals surface area (Å²) in [4.78, 5) is 0. The van der Waals surface area contributed by atoms with Gasteiger partial charge < -0.3 is 12.4 Å². The van der Waals surface area contributed by atoms with Gasteiger partial charge in [-0.05, 0) is 70.3 Å². The van der Waals surface area contributed by atoms with E-state index in [1.54, 1.807) is 0 Å². The van der Waals surface area contributed by atoms with Crippen molar-refractivity contribution < 1.29 is 12.4 Å². The second-order valence-corrected chi connectivity index (χ2v) is 14.3. The highest BCUT2D eigenvalue weighted by atomic mass is 35.5. The maximum atomic E-state index is 2.54. The highest BCUT2D eigenvalue weighted by molar-refractivity contribution is 7.95. The highest BCUT2D eigenvalue weighted by Crippen LogP contribution is 2.59. The quantitative estimate of drug-likeness (QED) is 0.373. The summed E-state index contributed by atoms with van der Waals surface area (Å²) in [6, 6.07) is 41.0. The number of hydrogen-bond acceptors (Lipinski definition) is 0. The molecule has 0 atom stereocenters. The molecule has 4 aromatic rings. The normalized spacial score (nSPS) is 15.9. The summed E-state index contributed by atoms with van der Waals surface area (Å²) < 4.78 is 0. The van der Waals surface area contributed by atoms with Crippen molar-refractivity contribution in [3.05, 3.63) is 126 Å². The first-order valence-electron chi connectivity index (χ1n) is 12.0. The van der Waals surface area contributed by atoms with Gasteiger partial charge in [0.2, 0.25) is 0 Å². The number of halogens is 1. The number of benzene rings is 4. The van der Waals surface area contributed by atoms with Gasteiger partial charge in [0.25, 0.3) is 0 Å². The van der Waals surface area contributed by atoms with E-state index in [-0.39, 0.29) is 23.2 Å². The van der Waals surface area contributed by atoms with Crippen LogP contribution >= 0.6 is 7.26 Å². The number of hydrogen-bond donors (Lipinski definition) is 0. The minimum Gasteiger partial charge on any atom is -1.00 e. The van der Waals surface area contributed by atoms with Crippen molar-refractivity contribution in [1.29, 1.82) is 0 Å². The molecule has 1 aliphatic rings. The second-order valence-electron chi connectivity index (χ2n) is 10.8. The van der Waals surface area contributed by atoms with E-state index in [1.807, 2.05) is 0 Å². The van der Waals surface area contributed by atoms with Crippen LogP contribution in [0.1, 0.15) is 50.8 Å². The monoisotopic (exact) mass is 484 g/mol. The van der Waals surface area contributed by atoms with Gasteiger partial charge in [0.05, 0.1) is 6.16 Å². The molecule has 4 aromatic carbocycles. The lowest BCUT2D eigenvalue weighted by Crippen LogP contribution is -3.00. The summed E-state index contributed by atoms with van der Waals surface area (Å²) in [5.74, 6) is 0. The van der Waals surface area contributed by atoms with Gasteiger partial charge in [-0.25, -0.2) is 0 Å². The Kier molecular flexibility index (Phi) is 6.78. The van der Waals surface area contributed by atoms with Crippen molar-refractivity contribution in [1.82, 2.24) is 0 Å². The minimum atomic E-state index is -1.87.